The number of methoxy groups -OCH3 is 1. The Morgan fingerprint density at radius 1 is 1.32 bits per heavy atom. The van der Waals surface area contributed by atoms with E-state index in [1.54, 1.807) is 12.1 Å². The van der Waals surface area contributed by atoms with Gasteiger partial charge in [0.1, 0.15) is 0 Å². The maximum absolute atomic E-state index is 14.2. The first-order chi connectivity index (χ1) is 8.94. The van der Waals surface area contributed by atoms with Crippen molar-refractivity contribution >= 4 is 0 Å². The Kier molecular flexibility index (Phi) is 4.14. The molecule has 1 unspecified atom stereocenters. The van der Waals surface area contributed by atoms with Crippen LogP contribution in [0.3, 0.4) is 0 Å². The average molecular weight is 265 g/mol. The van der Waals surface area contributed by atoms with Crippen LogP contribution in [0.4, 0.5) is 4.39 Å². The molecule has 1 fully saturated rings. The molecule has 1 aromatic carbocycles. The summed E-state index contributed by atoms with van der Waals surface area (Å²) in [6.07, 6.45) is 4.48. The quantitative estimate of drug-likeness (QED) is 0.894. The summed E-state index contributed by atoms with van der Waals surface area (Å²) in [5, 5.41) is 0. The van der Waals surface area contributed by atoms with E-state index in [1.807, 2.05) is 6.07 Å². The van der Waals surface area contributed by atoms with Crippen molar-refractivity contribution in [2.24, 2.45) is 17.1 Å². The normalized spacial score (nSPS) is 21.1. The smallest absolute Gasteiger partial charge is 0.169 e. The van der Waals surface area contributed by atoms with Crippen LogP contribution in [0, 0.1) is 17.2 Å². The van der Waals surface area contributed by atoms with Crippen molar-refractivity contribution in [2.75, 3.05) is 7.11 Å². The Morgan fingerprint density at radius 2 is 1.95 bits per heavy atom. The molecule has 1 aliphatic rings. The lowest BCUT2D eigenvalue weighted by atomic mass is 9.70. The third kappa shape index (κ3) is 3.08. The Hall–Kier alpha value is -1.09. The minimum Gasteiger partial charge on any atom is -0.494 e. The van der Waals surface area contributed by atoms with Crippen molar-refractivity contribution in [3.05, 3.63) is 29.6 Å². The Morgan fingerprint density at radius 3 is 2.53 bits per heavy atom. The first kappa shape index (κ1) is 14.3. The van der Waals surface area contributed by atoms with Gasteiger partial charge >= 0.3 is 0 Å². The number of ether oxygens (including phenoxy) is 1. The molecule has 0 amide bonds. The monoisotopic (exact) mass is 265 g/mol. The second kappa shape index (κ2) is 5.49. The minimum atomic E-state index is -0.303. The molecular weight excluding hydrogens is 241 g/mol. The molecule has 2 nitrogen and oxygen atoms in total. The van der Waals surface area contributed by atoms with E-state index in [1.165, 1.54) is 7.11 Å². The fraction of sp³-hybridized carbons (Fsp3) is 0.625. The second-order valence-corrected chi connectivity index (χ2v) is 6.39. The van der Waals surface area contributed by atoms with Gasteiger partial charge < -0.3 is 10.5 Å². The SMILES string of the molecule is COc1cccc(C(N)C2CCC(C)(C)CC2)c1F. The summed E-state index contributed by atoms with van der Waals surface area (Å²) in [4.78, 5) is 0. The highest BCUT2D eigenvalue weighted by Crippen LogP contribution is 2.42. The van der Waals surface area contributed by atoms with Crippen LogP contribution in [0.25, 0.3) is 0 Å². The largest absolute Gasteiger partial charge is 0.494 e. The second-order valence-electron chi connectivity index (χ2n) is 6.39. The highest BCUT2D eigenvalue weighted by molar-refractivity contribution is 5.33. The van der Waals surface area contributed by atoms with Crippen LogP contribution in [-0.2, 0) is 0 Å². The van der Waals surface area contributed by atoms with Gasteiger partial charge in [0.05, 0.1) is 7.11 Å². The summed E-state index contributed by atoms with van der Waals surface area (Å²) in [5.41, 5.74) is 7.28. The van der Waals surface area contributed by atoms with Crippen molar-refractivity contribution in [1.29, 1.82) is 0 Å². The number of nitrogens with two attached hydrogens (primary N) is 1. The zero-order valence-corrected chi connectivity index (χ0v) is 12.1. The molecule has 106 valence electrons. The summed E-state index contributed by atoms with van der Waals surface area (Å²) < 4.78 is 19.3. The van der Waals surface area contributed by atoms with Crippen LogP contribution >= 0.6 is 0 Å². The Bertz CT molecular complexity index is 434. The molecule has 1 aromatic rings. The fourth-order valence-electron chi connectivity index (χ4n) is 2.98. The van der Waals surface area contributed by atoms with E-state index in [0.29, 0.717) is 16.9 Å². The summed E-state index contributed by atoms with van der Waals surface area (Å²) in [6, 6.07) is 4.99. The van der Waals surface area contributed by atoms with Gasteiger partial charge in [0.15, 0.2) is 11.6 Å². The molecule has 3 heteroatoms. The van der Waals surface area contributed by atoms with Crippen molar-refractivity contribution in [2.45, 2.75) is 45.6 Å². The highest BCUT2D eigenvalue weighted by atomic mass is 19.1. The summed E-state index contributed by atoms with van der Waals surface area (Å²) >= 11 is 0. The van der Waals surface area contributed by atoms with Gasteiger partial charge in [0.2, 0.25) is 0 Å². The van der Waals surface area contributed by atoms with Crippen LogP contribution < -0.4 is 10.5 Å². The van der Waals surface area contributed by atoms with Gasteiger partial charge in [0, 0.05) is 11.6 Å². The number of hydrogen-bond acceptors (Lipinski definition) is 2. The van der Waals surface area contributed by atoms with E-state index in [4.69, 9.17) is 10.5 Å². The van der Waals surface area contributed by atoms with Gasteiger partial charge in [-0.2, -0.15) is 0 Å². The summed E-state index contributed by atoms with van der Waals surface area (Å²) in [7, 11) is 1.48. The van der Waals surface area contributed by atoms with Gasteiger partial charge in [-0.1, -0.05) is 26.0 Å². The number of hydrogen-bond donors (Lipinski definition) is 1. The van der Waals surface area contributed by atoms with Crippen molar-refractivity contribution in [1.82, 2.24) is 0 Å². The van der Waals surface area contributed by atoms with Crippen LogP contribution in [0.5, 0.6) is 5.75 Å². The zero-order chi connectivity index (χ0) is 14.0. The minimum absolute atomic E-state index is 0.230. The lowest BCUT2D eigenvalue weighted by Crippen LogP contribution is -2.29. The van der Waals surface area contributed by atoms with Crippen LogP contribution in [0.1, 0.15) is 51.1 Å². The molecule has 0 spiro atoms. The van der Waals surface area contributed by atoms with Crippen LogP contribution in [0.2, 0.25) is 0 Å². The third-order valence-electron chi connectivity index (χ3n) is 4.46. The van der Waals surface area contributed by atoms with E-state index >= 15 is 0 Å². The van der Waals surface area contributed by atoms with Gasteiger partial charge in [-0.3, -0.25) is 0 Å². The molecule has 0 saturated heterocycles. The molecule has 0 bridgehead atoms. The summed E-state index contributed by atoms with van der Waals surface area (Å²) in [6.45, 7) is 4.59. The van der Waals surface area contributed by atoms with Crippen molar-refractivity contribution < 1.29 is 9.13 Å². The molecular formula is C16H24FNO. The molecule has 2 rings (SSSR count). The summed E-state index contributed by atoms with van der Waals surface area (Å²) in [5.74, 6) is 0.348. The average Bonchev–Trinajstić information content (AvgIpc) is 2.38. The van der Waals surface area contributed by atoms with E-state index in [0.717, 1.165) is 25.7 Å². The molecule has 0 heterocycles. The highest BCUT2D eigenvalue weighted by Gasteiger charge is 2.31. The fourth-order valence-corrected chi connectivity index (χ4v) is 2.98. The van der Waals surface area contributed by atoms with E-state index in [2.05, 4.69) is 13.8 Å². The van der Waals surface area contributed by atoms with Crippen molar-refractivity contribution in [3.63, 3.8) is 0 Å². The lowest BCUT2D eigenvalue weighted by Gasteiger charge is -2.37. The molecule has 0 aliphatic heterocycles. The number of halogens is 1. The first-order valence-corrected chi connectivity index (χ1v) is 7.02. The molecule has 19 heavy (non-hydrogen) atoms. The molecule has 1 saturated carbocycles. The van der Waals surface area contributed by atoms with Gasteiger partial charge in [-0.25, -0.2) is 4.39 Å². The van der Waals surface area contributed by atoms with E-state index < -0.39 is 0 Å². The standard InChI is InChI=1S/C16H24FNO/c1-16(2)9-7-11(8-10-16)15(18)12-5-4-6-13(19-3)14(12)17/h4-6,11,15H,7-10,18H2,1-3H3. The maximum Gasteiger partial charge on any atom is 0.169 e. The van der Waals surface area contributed by atoms with Crippen LogP contribution in [0.15, 0.2) is 18.2 Å². The topological polar surface area (TPSA) is 35.2 Å². The van der Waals surface area contributed by atoms with Gasteiger partial charge in [-0.15, -0.1) is 0 Å². The molecule has 1 aliphatic carbocycles. The third-order valence-corrected chi connectivity index (χ3v) is 4.46. The molecule has 2 N–H and O–H groups in total. The predicted octanol–water partition coefficient (Wildman–Crippen LogP) is 4.05. The van der Waals surface area contributed by atoms with Crippen molar-refractivity contribution in [3.8, 4) is 5.75 Å². The molecule has 0 radical (unpaired) electrons. The number of benzene rings is 1. The Balaban J connectivity index is 2.14. The van der Waals surface area contributed by atoms with Gasteiger partial charge in [0.25, 0.3) is 0 Å². The number of rotatable bonds is 3. The van der Waals surface area contributed by atoms with E-state index in [-0.39, 0.29) is 17.6 Å². The maximum atomic E-state index is 14.2. The van der Waals surface area contributed by atoms with Gasteiger partial charge in [-0.05, 0) is 43.1 Å². The molecule has 1 atom stereocenters. The lowest BCUT2D eigenvalue weighted by molar-refractivity contribution is 0.172. The zero-order valence-electron chi connectivity index (χ0n) is 12.1. The first-order valence-electron chi connectivity index (χ1n) is 7.02. The van der Waals surface area contributed by atoms with E-state index in [9.17, 15) is 4.39 Å². The molecule has 0 aromatic heterocycles. The predicted molar refractivity (Wildman–Crippen MR) is 75.6 cm³/mol. The Labute approximate surface area is 115 Å². The van der Waals surface area contributed by atoms with Crippen LogP contribution in [-0.4, -0.2) is 7.11 Å².